The van der Waals surface area contributed by atoms with Gasteiger partial charge in [-0.2, -0.15) is 0 Å². The number of ether oxygens (including phenoxy) is 1. The topological polar surface area (TPSA) is 43.4 Å². The van der Waals surface area contributed by atoms with E-state index in [1.54, 1.807) is 12.2 Å². The first-order chi connectivity index (χ1) is 6.20. The maximum Gasteiger partial charge on any atom is 0.338 e. The molecule has 0 aromatic heterocycles. The van der Waals surface area contributed by atoms with Crippen LogP contribution >= 0.6 is 0 Å². The number of esters is 2. The largest absolute Gasteiger partial charge is 0.387 e. The van der Waals surface area contributed by atoms with Crippen molar-refractivity contribution in [3.8, 4) is 0 Å². The highest BCUT2D eigenvalue weighted by Gasteiger charge is 2.01. The van der Waals surface area contributed by atoms with Gasteiger partial charge in [0.1, 0.15) is 0 Å². The lowest BCUT2D eigenvalue weighted by Gasteiger charge is -1.93. The summed E-state index contributed by atoms with van der Waals surface area (Å²) < 4.78 is 4.40. The highest BCUT2D eigenvalue weighted by Crippen LogP contribution is 1.88. The Balaban J connectivity index is 3.85. The van der Waals surface area contributed by atoms with Gasteiger partial charge in [-0.25, -0.2) is 9.59 Å². The predicted octanol–water partition coefficient (Wildman–Crippen LogP) is 1.99. The normalized spacial score (nSPS) is 10.9. The van der Waals surface area contributed by atoms with E-state index in [0.29, 0.717) is 0 Å². The van der Waals surface area contributed by atoms with Gasteiger partial charge in [-0.3, -0.25) is 0 Å². The molecule has 0 aliphatic heterocycles. The van der Waals surface area contributed by atoms with Gasteiger partial charge in [-0.1, -0.05) is 26.0 Å². The molecule has 0 radical (unpaired) electrons. The van der Waals surface area contributed by atoms with Gasteiger partial charge in [0.15, 0.2) is 0 Å². The molecule has 0 spiro atoms. The molecule has 0 aromatic rings. The van der Waals surface area contributed by atoms with Crippen molar-refractivity contribution >= 4 is 11.9 Å². The Morgan fingerprint density at radius 2 is 1.38 bits per heavy atom. The Labute approximate surface area is 78.1 Å². The zero-order valence-corrected chi connectivity index (χ0v) is 7.95. The number of carbonyl (C=O) groups is 2. The van der Waals surface area contributed by atoms with Crippen LogP contribution in [0.1, 0.15) is 26.7 Å². The van der Waals surface area contributed by atoms with Crippen LogP contribution in [0.25, 0.3) is 0 Å². The molecule has 0 aliphatic rings. The van der Waals surface area contributed by atoms with Crippen LogP contribution in [-0.2, 0) is 14.3 Å². The van der Waals surface area contributed by atoms with Crippen LogP contribution in [0.4, 0.5) is 0 Å². The van der Waals surface area contributed by atoms with E-state index < -0.39 is 11.9 Å². The van der Waals surface area contributed by atoms with Gasteiger partial charge in [-0.05, 0) is 12.8 Å². The molecule has 0 rings (SSSR count). The summed E-state index contributed by atoms with van der Waals surface area (Å²) in [5.74, 6) is -1.24. The summed E-state index contributed by atoms with van der Waals surface area (Å²) in [6.07, 6.45) is 7.26. The van der Waals surface area contributed by atoms with Crippen molar-refractivity contribution in [2.75, 3.05) is 0 Å². The minimum absolute atomic E-state index is 0.618. The average Bonchev–Trinajstić information content (AvgIpc) is 2.11. The SMILES string of the molecule is CC/C=C\C(=O)OC(=O)/C=C\CC. The Kier molecular flexibility index (Phi) is 6.51. The molecule has 0 saturated heterocycles. The lowest BCUT2D eigenvalue weighted by atomic mass is 10.4. The van der Waals surface area contributed by atoms with Crippen molar-refractivity contribution in [2.24, 2.45) is 0 Å². The van der Waals surface area contributed by atoms with Crippen LogP contribution in [0.3, 0.4) is 0 Å². The van der Waals surface area contributed by atoms with Gasteiger partial charge in [0.25, 0.3) is 0 Å². The summed E-state index contributed by atoms with van der Waals surface area (Å²) in [5, 5.41) is 0. The maximum atomic E-state index is 10.8. The fourth-order valence-electron chi connectivity index (χ4n) is 0.595. The highest BCUT2D eigenvalue weighted by molar-refractivity contribution is 5.96. The van der Waals surface area contributed by atoms with E-state index in [4.69, 9.17) is 0 Å². The third-order valence-electron chi connectivity index (χ3n) is 1.18. The number of hydrogen-bond donors (Lipinski definition) is 0. The van der Waals surface area contributed by atoms with Crippen LogP contribution in [0, 0.1) is 0 Å². The number of rotatable bonds is 4. The standard InChI is InChI=1S/C10H14O3/c1-3-5-7-9(11)13-10(12)8-6-4-2/h5-8H,3-4H2,1-2H3/b7-5-,8-6-. The third-order valence-corrected chi connectivity index (χ3v) is 1.18. The quantitative estimate of drug-likeness (QED) is 0.379. The molecule has 0 bridgehead atoms. The van der Waals surface area contributed by atoms with Gasteiger partial charge < -0.3 is 4.74 Å². The summed E-state index contributed by atoms with van der Waals surface area (Å²) in [5.41, 5.74) is 0. The Bertz CT molecular complexity index is 202. The average molecular weight is 182 g/mol. The molecule has 3 nitrogen and oxygen atoms in total. The van der Waals surface area contributed by atoms with Gasteiger partial charge in [0, 0.05) is 12.2 Å². The molecule has 3 heteroatoms. The Hall–Kier alpha value is -1.38. The van der Waals surface area contributed by atoms with E-state index >= 15 is 0 Å². The van der Waals surface area contributed by atoms with Crippen LogP contribution in [0.2, 0.25) is 0 Å². The molecule has 0 aromatic carbocycles. The number of allylic oxidation sites excluding steroid dienone is 2. The molecule has 0 atom stereocenters. The minimum Gasteiger partial charge on any atom is -0.387 e. The summed E-state index contributed by atoms with van der Waals surface area (Å²) >= 11 is 0. The van der Waals surface area contributed by atoms with Crippen molar-refractivity contribution in [2.45, 2.75) is 26.7 Å². The Morgan fingerprint density at radius 3 is 1.69 bits per heavy atom. The van der Waals surface area contributed by atoms with Crippen molar-refractivity contribution in [3.05, 3.63) is 24.3 Å². The lowest BCUT2D eigenvalue weighted by Crippen LogP contribution is -2.06. The summed E-state index contributed by atoms with van der Waals surface area (Å²) in [6.45, 7) is 3.78. The summed E-state index contributed by atoms with van der Waals surface area (Å²) in [4.78, 5) is 21.6. The number of hydrogen-bond acceptors (Lipinski definition) is 3. The van der Waals surface area contributed by atoms with Crippen molar-refractivity contribution < 1.29 is 14.3 Å². The fourth-order valence-corrected chi connectivity index (χ4v) is 0.595. The first kappa shape index (κ1) is 11.6. The second kappa shape index (κ2) is 7.28. The molecule has 0 heterocycles. The van der Waals surface area contributed by atoms with Crippen molar-refractivity contribution in [1.82, 2.24) is 0 Å². The highest BCUT2D eigenvalue weighted by atomic mass is 16.6. The van der Waals surface area contributed by atoms with E-state index in [1.807, 2.05) is 13.8 Å². The van der Waals surface area contributed by atoms with Gasteiger partial charge in [0.2, 0.25) is 0 Å². The maximum absolute atomic E-state index is 10.8. The van der Waals surface area contributed by atoms with Crippen molar-refractivity contribution in [3.63, 3.8) is 0 Å². The van der Waals surface area contributed by atoms with E-state index in [0.717, 1.165) is 12.8 Å². The monoisotopic (exact) mass is 182 g/mol. The molecule has 0 N–H and O–H groups in total. The van der Waals surface area contributed by atoms with E-state index in [-0.39, 0.29) is 0 Å². The smallest absolute Gasteiger partial charge is 0.338 e. The molecule has 0 saturated carbocycles. The number of carbonyl (C=O) groups excluding carboxylic acids is 2. The van der Waals surface area contributed by atoms with Gasteiger partial charge >= 0.3 is 11.9 Å². The first-order valence-corrected chi connectivity index (χ1v) is 4.29. The first-order valence-electron chi connectivity index (χ1n) is 4.29. The molecule has 0 amide bonds. The zero-order valence-electron chi connectivity index (χ0n) is 7.95. The molecule has 0 fully saturated rings. The fraction of sp³-hybridized carbons (Fsp3) is 0.400. The second-order valence-corrected chi connectivity index (χ2v) is 2.36. The molecular weight excluding hydrogens is 168 g/mol. The van der Waals surface area contributed by atoms with Gasteiger partial charge in [-0.15, -0.1) is 0 Å². The van der Waals surface area contributed by atoms with Crippen LogP contribution in [0.5, 0.6) is 0 Å². The van der Waals surface area contributed by atoms with E-state index in [2.05, 4.69) is 4.74 Å². The third kappa shape index (κ3) is 7.00. The van der Waals surface area contributed by atoms with Crippen LogP contribution in [0.15, 0.2) is 24.3 Å². The molecular formula is C10H14O3. The van der Waals surface area contributed by atoms with Crippen LogP contribution in [-0.4, -0.2) is 11.9 Å². The molecule has 0 aliphatic carbocycles. The lowest BCUT2D eigenvalue weighted by molar-refractivity contribution is -0.152. The van der Waals surface area contributed by atoms with Gasteiger partial charge in [0.05, 0.1) is 0 Å². The summed E-state index contributed by atoms with van der Waals surface area (Å²) in [6, 6.07) is 0. The van der Waals surface area contributed by atoms with E-state index in [1.165, 1.54) is 12.2 Å². The zero-order chi connectivity index (χ0) is 10.1. The summed E-state index contributed by atoms with van der Waals surface area (Å²) in [7, 11) is 0. The molecule has 0 unspecified atom stereocenters. The van der Waals surface area contributed by atoms with Crippen LogP contribution < -0.4 is 0 Å². The molecule has 13 heavy (non-hydrogen) atoms. The molecule has 72 valence electrons. The predicted molar refractivity (Wildman–Crippen MR) is 50.0 cm³/mol. The van der Waals surface area contributed by atoms with Crippen molar-refractivity contribution in [1.29, 1.82) is 0 Å². The second-order valence-electron chi connectivity index (χ2n) is 2.36. The Morgan fingerprint density at radius 1 is 1.00 bits per heavy atom. The van der Waals surface area contributed by atoms with E-state index in [9.17, 15) is 9.59 Å². The minimum atomic E-state index is -0.618.